The Morgan fingerprint density at radius 2 is 1.86 bits per heavy atom. The second-order valence-electron chi connectivity index (χ2n) is 6.73. The van der Waals surface area contributed by atoms with Gasteiger partial charge in [-0.05, 0) is 42.9 Å². The van der Waals surface area contributed by atoms with Gasteiger partial charge in [0.25, 0.3) is 5.91 Å². The molecule has 2 amide bonds. The Balaban J connectivity index is 1.45. The van der Waals surface area contributed by atoms with E-state index in [1.54, 1.807) is 6.07 Å². The number of benzene rings is 1. The summed E-state index contributed by atoms with van der Waals surface area (Å²) < 4.78 is 0. The number of rotatable bonds is 3. The zero-order valence-electron chi connectivity index (χ0n) is 12.5. The predicted octanol–water partition coefficient (Wildman–Crippen LogP) is 1.33. The number of likely N-dealkylation sites (tertiary alicyclic amines) is 1. The smallest absolute Gasteiger partial charge is 0.253 e. The maximum Gasteiger partial charge on any atom is 0.253 e. The Morgan fingerprint density at radius 3 is 2.55 bits per heavy atom. The molecule has 2 heterocycles. The summed E-state index contributed by atoms with van der Waals surface area (Å²) in [6, 6.07) is 7.32. The molecule has 1 aliphatic carbocycles. The van der Waals surface area contributed by atoms with Crippen molar-refractivity contribution in [2.45, 2.75) is 12.8 Å². The number of hydrogen-bond acceptors (Lipinski definition) is 3. The average Bonchev–Trinajstić information content (AvgIpc) is 3.15. The number of fused-ring (bicyclic) bond motifs is 1. The number of carbonyl (C=O) groups excluding carboxylic acids is 2. The molecule has 2 saturated heterocycles. The van der Waals surface area contributed by atoms with Crippen LogP contribution in [0.5, 0.6) is 0 Å². The Bertz CT molecular complexity index is 600. The first-order chi connectivity index (χ1) is 10.7. The highest BCUT2D eigenvalue weighted by Crippen LogP contribution is 2.31. The van der Waals surface area contributed by atoms with Crippen LogP contribution in [0.2, 0.25) is 0 Å². The van der Waals surface area contributed by atoms with Gasteiger partial charge in [-0.25, -0.2) is 0 Å². The van der Waals surface area contributed by atoms with Crippen LogP contribution in [0, 0.1) is 17.8 Å². The molecule has 2 N–H and O–H groups in total. The molecular formula is C17H21N3O2. The maximum absolute atomic E-state index is 12.7. The highest BCUT2D eigenvalue weighted by molar-refractivity contribution is 5.98. The van der Waals surface area contributed by atoms with Gasteiger partial charge in [0.15, 0.2) is 0 Å². The molecule has 0 bridgehead atoms. The monoisotopic (exact) mass is 299 g/mol. The van der Waals surface area contributed by atoms with Crippen LogP contribution in [0.25, 0.3) is 0 Å². The van der Waals surface area contributed by atoms with Crippen molar-refractivity contribution in [3.05, 3.63) is 29.8 Å². The normalized spacial score (nSPS) is 26.8. The zero-order chi connectivity index (χ0) is 15.1. The molecule has 5 nitrogen and oxygen atoms in total. The van der Waals surface area contributed by atoms with Crippen LogP contribution in [-0.2, 0) is 4.79 Å². The molecule has 0 unspecified atom stereocenters. The van der Waals surface area contributed by atoms with Gasteiger partial charge in [-0.15, -0.1) is 0 Å². The topological polar surface area (TPSA) is 61.4 Å². The highest BCUT2D eigenvalue weighted by atomic mass is 16.2. The Morgan fingerprint density at radius 1 is 1.14 bits per heavy atom. The van der Waals surface area contributed by atoms with Gasteiger partial charge in [-0.1, -0.05) is 6.07 Å². The zero-order valence-corrected chi connectivity index (χ0v) is 12.5. The van der Waals surface area contributed by atoms with Gasteiger partial charge in [-0.2, -0.15) is 0 Å². The van der Waals surface area contributed by atoms with Crippen LogP contribution in [0.1, 0.15) is 23.2 Å². The first-order valence-electron chi connectivity index (χ1n) is 8.11. The molecule has 1 saturated carbocycles. The van der Waals surface area contributed by atoms with Gasteiger partial charge < -0.3 is 15.5 Å². The fourth-order valence-corrected chi connectivity index (χ4v) is 3.52. The minimum Gasteiger partial charge on any atom is -0.338 e. The van der Waals surface area contributed by atoms with Gasteiger partial charge in [0, 0.05) is 43.3 Å². The van der Waals surface area contributed by atoms with E-state index in [0.29, 0.717) is 17.4 Å². The summed E-state index contributed by atoms with van der Waals surface area (Å²) in [6.07, 6.45) is 1.96. The molecule has 2 atom stereocenters. The van der Waals surface area contributed by atoms with Crippen LogP contribution >= 0.6 is 0 Å². The Labute approximate surface area is 130 Å². The van der Waals surface area contributed by atoms with Crippen molar-refractivity contribution in [2.75, 3.05) is 31.5 Å². The van der Waals surface area contributed by atoms with E-state index in [0.717, 1.165) is 44.7 Å². The third-order valence-corrected chi connectivity index (χ3v) is 5.00. The molecule has 4 rings (SSSR count). The van der Waals surface area contributed by atoms with Crippen molar-refractivity contribution in [1.29, 1.82) is 0 Å². The fraction of sp³-hybridized carbons (Fsp3) is 0.529. The largest absolute Gasteiger partial charge is 0.338 e. The minimum atomic E-state index is 0.0753. The number of nitrogens with one attached hydrogen (secondary N) is 2. The van der Waals surface area contributed by atoms with Crippen molar-refractivity contribution >= 4 is 17.5 Å². The molecule has 0 radical (unpaired) electrons. The first-order valence-corrected chi connectivity index (χ1v) is 8.11. The molecular weight excluding hydrogens is 278 g/mol. The average molecular weight is 299 g/mol. The van der Waals surface area contributed by atoms with Crippen molar-refractivity contribution in [3.8, 4) is 0 Å². The van der Waals surface area contributed by atoms with Gasteiger partial charge in [-0.3, -0.25) is 9.59 Å². The lowest BCUT2D eigenvalue weighted by atomic mass is 10.0. The lowest BCUT2D eigenvalue weighted by Crippen LogP contribution is -2.31. The van der Waals surface area contributed by atoms with Crippen LogP contribution in [0.4, 0.5) is 5.69 Å². The lowest BCUT2D eigenvalue weighted by molar-refractivity contribution is -0.117. The van der Waals surface area contributed by atoms with Gasteiger partial charge >= 0.3 is 0 Å². The first kappa shape index (κ1) is 13.8. The summed E-state index contributed by atoms with van der Waals surface area (Å²) in [5.74, 6) is 1.52. The predicted molar refractivity (Wildman–Crippen MR) is 83.5 cm³/mol. The third-order valence-electron chi connectivity index (χ3n) is 5.00. The summed E-state index contributed by atoms with van der Waals surface area (Å²) in [5, 5.41) is 6.30. The van der Waals surface area contributed by atoms with Crippen molar-refractivity contribution in [1.82, 2.24) is 10.2 Å². The maximum atomic E-state index is 12.7. The van der Waals surface area contributed by atoms with Crippen molar-refractivity contribution in [3.63, 3.8) is 0 Å². The van der Waals surface area contributed by atoms with Crippen molar-refractivity contribution < 1.29 is 9.59 Å². The SMILES string of the molecule is O=C(Nc1cccc(C(=O)N2C[C@H]3CNC[C@H]3C2)c1)C1CC1. The number of hydrogen-bond donors (Lipinski definition) is 2. The van der Waals surface area contributed by atoms with E-state index < -0.39 is 0 Å². The summed E-state index contributed by atoms with van der Waals surface area (Å²) in [5.41, 5.74) is 1.39. The summed E-state index contributed by atoms with van der Waals surface area (Å²) in [7, 11) is 0. The van der Waals surface area contributed by atoms with Crippen LogP contribution in [0.15, 0.2) is 24.3 Å². The molecule has 0 aromatic heterocycles. The second kappa shape index (κ2) is 5.39. The molecule has 1 aromatic carbocycles. The van der Waals surface area contributed by atoms with Crippen LogP contribution in [-0.4, -0.2) is 42.9 Å². The number of carbonyl (C=O) groups is 2. The Kier molecular flexibility index (Phi) is 3.37. The minimum absolute atomic E-state index is 0.0753. The number of anilines is 1. The molecule has 5 heteroatoms. The molecule has 116 valence electrons. The van der Waals surface area contributed by atoms with E-state index in [1.165, 1.54) is 0 Å². The van der Waals surface area contributed by atoms with Gasteiger partial charge in [0.2, 0.25) is 5.91 Å². The molecule has 2 aliphatic heterocycles. The molecule has 3 fully saturated rings. The lowest BCUT2D eigenvalue weighted by Gasteiger charge is -2.18. The standard InChI is InChI=1S/C17H21N3O2/c21-16(11-4-5-11)19-15-3-1-2-12(6-15)17(22)20-9-13-7-18-8-14(13)10-20/h1-3,6,11,13-14,18H,4-5,7-10H2,(H,19,21)/t13-,14+. The Hall–Kier alpha value is -1.88. The van der Waals surface area contributed by atoms with E-state index in [1.807, 2.05) is 23.1 Å². The van der Waals surface area contributed by atoms with E-state index in [9.17, 15) is 9.59 Å². The quantitative estimate of drug-likeness (QED) is 0.885. The van der Waals surface area contributed by atoms with E-state index >= 15 is 0 Å². The molecule has 0 spiro atoms. The van der Waals surface area contributed by atoms with Gasteiger partial charge in [0.1, 0.15) is 0 Å². The number of amides is 2. The van der Waals surface area contributed by atoms with Crippen molar-refractivity contribution in [2.24, 2.45) is 17.8 Å². The molecule has 3 aliphatic rings. The highest BCUT2D eigenvalue weighted by Gasteiger charge is 2.38. The van der Waals surface area contributed by atoms with Crippen LogP contribution < -0.4 is 10.6 Å². The van der Waals surface area contributed by atoms with Crippen LogP contribution in [0.3, 0.4) is 0 Å². The number of nitrogens with zero attached hydrogens (tertiary/aromatic N) is 1. The summed E-state index contributed by atoms with van der Waals surface area (Å²) in [6.45, 7) is 3.72. The summed E-state index contributed by atoms with van der Waals surface area (Å²) >= 11 is 0. The molecule has 1 aromatic rings. The molecule has 22 heavy (non-hydrogen) atoms. The van der Waals surface area contributed by atoms with E-state index in [4.69, 9.17) is 0 Å². The summed E-state index contributed by atoms with van der Waals surface area (Å²) in [4.78, 5) is 26.4. The van der Waals surface area contributed by atoms with E-state index in [2.05, 4.69) is 10.6 Å². The van der Waals surface area contributed by atoms with Gasteiger partial charge in [0.05, 0.1) is 0 Å². The third kappa shape index (κ3) is 2.61. The second-order valence-corrected chi connectivity index (χ2v) is 6.73. The fourth-order valence-electron chi connectivity index (χ4n) is 3.52. The van der Waals surface area contributed by atoms with E-state index in [-0.39, 0.29) is 17.7 Å².